The van der Waals surface area contributed by atoms with Crippen molar-refractivity contribution in [1.29, 1.82) is 0 Å². The molecular weight excluding hydrogens is 548 g/mol. The van der Waals surface area contributed by atoms with Gasteiger partial charge in [0.25, 0.3) is 0 Å². The number of hydrogen-bond acceptors (Lipinski definition) is 8. The van der Waals surface area contributed by atoms with E-state index in [4.69, 9.17) is 23.7 Å². The standard InChI is InChI=1S/C35H44O8/c1-4-30(36)41-23-9-7-8-10-24-11-13-25(14-12-24)26-15-17-27(18-16-26)28-19-21-29(22-20-28)35-42-31(33(37)39-5-2)32(43-35)34(38)40-6-3/h4,15-22,24-25,31-32,35H,1,5-14,23H2,2-3H3/t24-,25-,31-,32-/m1/s1. The number of hydrogen-bond donors (Lipinski definition) is 0. The van der Waals surface area contributed by atoms with E-state index >= 15 is 0 Å². The molecule has 0 bridgehead atoms. The van der Waals surface area contributed by atoms with Gasteiger partial charge in [0.05, 0.1) is 19.8 Å². The van der Waals surface area contributed by atoms with Crippen molar-refractivity contribution >= 4 is 17.9 Å². The molecule has 2 aromatic carbocycles. The largest absolute Gasteiger partial charge is 0.464 e. The summed E-state index contributed by atoms with van der Waals surface area (Å²) in [7, 11) is 0. The zero-order valence-corrected chi connectivity index (χ0v) is 25.3. The highest BCUT2D eigenvalue weighted by Gasteiger charge is 2.47. The molecule has 232 valence electrons. The fourth-order valence-electron chi connectivity index (χ4n) is 5.91. The van der Waals surface area contributed by atoms with Gasteiger partial charge >= 0.3 is 17.9 Å². The van der Waals surface area contributed by atoms with Crippen molar-refractivity contribution in [3.63, 3.8) is 0 Å². The maximum Gasteiger partial charge on any atom is 0.338 e. The van der Waals surface area contributed by atoms with Gasteiger partial charge in [0.2, 0.25) is 0 Å². The number of ether oxygens (including phenoxy) is 5. The molecule has 1 saturated carbocycles. The maximum absolute atomic E-state index is 12.4. The number of unbranched alkanes of at least 4 members (excludes halogenated alkanes) is 2. The van der Waals surface area contributed by atoms with Crippen molar-refractivity contribution in [3.8, 4) is 11.1 Å². The van der Waals surface area contributed by atoms with Gasteiger partial charge in [-0.25, -0.2) is 14.4 Å². The van der Waals surface area contributed by atoms with E-state index in [2.05, 4.69) is 30.8 Å². The summed E-state index contributed by atoms with van der Waals surface area (Å²) in [5, 5.41) is 0. The average molecular weight is 593 g/mol. The second-order valence-electron chi connectivity index (χ2n) is 11.1. The monoisotopic (exact) mass is 592 g/mol. The zero-order chi connectivity index (χ0) is 30.6. The lowest BCUT2D eigenvalue weighted by molar-refractivity contribution is -0.163. The van der Waals surface area contributed by atoms with Crippen LogP contribution in [-0.4, -0.2) is 49.9 Å². The molecular formula is C35H44O8. The minimum absolute atomic E-state index is 0.173. The SMILES string of the molecule is C=CC(=O)OCCCCC[C@H]1CC[C@H](c2ccc(-c3ccc(C4O[C@@H](C(=O)OCC)[C@H](C(=O)OCC)O4)cc3)cc2)CC1. The van der Waals surface area contributed by atoms with Crippen LogP contribution in [-0.2, 0) is 38.1 Å². The van der Waals surface area contributed by atoms with Crippen molar-refractivity contribution in [1.82, 2.24) is 0 Å². The Labute approximate surface area is 254 Å². The molecule has 43 heavy (non-hydrogen) atoms. The smallest absolute Gasteiger partial charge is 0.338 e. The molecule has 0 aromatic heterocycles. The molecule has 1 aliphatic heterocycles. The number of esters is 3. The number of carbonyl (C=O) groups excluding carboxylic acids is 3. The number of benzene rings is 2. The first-order chi connectivity index (χ1) is 20.9. The number of rotatable bonds is 14. The van der Waals surface area contributed by atoms with Crippen molar-refractivity contribution in [2.45, 2.75) is 89.6 Å². The van der Waals surface area contributed by atoms with E-state index in [1.165, 1.54) is 50.2 Å². The van der Waals surface area contributed by atoms with Gasteiger partial charge in [-0.05, 0) is 74.5 Å². The van der Waals surface area contributed by atoms with Crippen LogP contribution in [0.4, 0.5) is 0 Å². The first-order valence-corrected chi connectivity index (χ1v) is 15.6. The summed E-state index contributed by atoms with van der Waals surface area (Å²) in [5.74, 6) is -0.241. The highest BCUT2D eigenvalue weighted by Crippen LogP contribution is 2.39. The van der Waals surface area contributed by atoms with Crippen LogP contribution < -0.4 is 0 Å². The molecule has 0 amide bonds. The summed E-state index contributed by atoms with van der Waals surface area (Å²) in [4.78, 5) is 35.9. The van der Waals surface area contributed by atoms with E-state index in [9.17, 15) is 14.4 Å². The fourth-order valence-corrected chi connectivity index (χ4v) is 5.91. The van der Waals surface area contributed by atoms with E-state index in [1.807, 2.05) is 24.3 Å². The molecule has 0 spiro atoms. The highest BCUT2D eigenvalue weighted by molar-refractivity contribution is 5.86. The van der Waals surface area contributed by atoms with Gasteiger partial charge in [-0.2, -0.15) is 0 Å². The second kappa shape index (κ2) is 16.4. The maximum atomic E-state index is 12.4. The zero-order valence-electron chi connectivity index (χ0n) is 25.3. The minimum Gasteiger partial charge on any atom is -0.464 e. The van der Waals surface area contributed by atoms with Crippen LogP contribution in [0.2, 0.25) is 0 Å². The summed E-state index contributed by atoms with van der Waals surface area (Å²) in [5.41, 5.74) is 4.27. The molecule has 1 heterocycles. The Bertz CT molecular complexity index is 1170. The van der Waals surface area contributed by atoms with Gasteiger partial charge in [0, 0.05) is 11.6 Å². The van der Waals surface area contributed by atoms with E-state index in [0.29, 0.717) is 18.1 Å². The fraction of sp³-hybridized carbons (Fsp3) is 0.514. The third kappa shape index (κ3) is 9.00. The second-order valence-corrected chi connectivity index (χ2v) is 11.1. The summed E-state index contributed by atoms with van der Waals surface area (Å²) in [6.07, 6.45) is 7.39. The van der Waals surface area contributed by atoms with Crippen LogP contribution in [0.3, 0.4) is 0 Å². The molecule has 8 heteroatoms. The predicted octanol–water partition coefficient (Wildman–Crippen LogP) is 6.83. The van der Waals surface area contributed by atoms with E-state index in [0.717, 1.165) is 29.9 Å². The molecule has 0 unspecified atom stereocenters. The molecule has 0 radical (unpaired) electrons. The van der Waals surface area contributed by atoms with Gasteiger partial charge in [-0.1, -0.05) is 74.4 Å². The van der Waals surface area contributed by atoms with Gasteiger partial charge in [-0.3, -0.25) is 0 Å². The lowest BCUT2D eigenvalue weighted by atomic mass is 9.77. The lowest BCUT2D eigenvalue weighted by Gasteiger charge is -2.29. The Kier molecular flexibility index (Phi) is 12.4. The first-order valence-electron chi connectivity index (χ1n) is 15.6. The van der Waals surface area contributed by atoms with Crippen LogP contribution in [0.1, 0.15) is 88.5 Å². The van der Waals surface area contributed by atoms with Gasteiger partial charge in [0.15, 0.2) is 18.5 Å². The first kappa shape index (κ1) is 32.4. The highest BCUT2D eigenvalue weighted by atomic mass is 16.8. The third-order valence-electron chi connectivity index (χ3n) is 8.27. The van der Waals surface area contributed by atoms with E-state index in [1.54, 1.807) is 13.8 Å². The van der Waals surface area contributed by atoms with Crippen LogP contribution in [0.15, 0.2) is 61.2 Å². The van der Waals surface area contributed by atoms with Gasteiger partial charge in [-0.15, -0.1) is 0 Å². The third-order valence-corrected chi connectivity index (χ3v) is 8.27. The molecule has 1 saturated heterocycles. The lowest BCUT2D eigenvalue weighted by Crippen LogP contribution is -2.39. The van der Waals surface area contributed by atoms with Gasteiger partial charge in [0.1, 0.15) is 0 Å². The van der Waals surface area contributed by atoms with Crippen LogP contribution in [0.5, 0.6) is 0 Å². The summed E-state index contributed by atoms with van der Waals surface area (Å²) < 4.78 is 26.8. The van der Waals surface area contributed by atoms with Crippen molar-refractivity contribution in [2.24, 2.45) is 5.92 Å². The van der Waals surface area contributed by atoms with E-state index < -0.39 is 30.4 Å². The molecule has 2 fully saturated rings. The van der Waals surface area contributed by atoms with Crippen LogP contribution >= 0.6 is 0 Å². The van der Waals surface area contributed by atoms with Gasteiger partial charge < -0.3 is 23.7 Å². The van der Waals surface area contributed by atoms with E-state index in [-0.39, 0.29) is 19.2 Å². The molecule has 1 aliphatic carbocycles. The van der Waals surface area contributed by atoms with Crippen molar-refractivity contribution in [2.75, 3.05) is 19.8 Å². The molecule has 0 N–H and O–H groups in total. The number of carbonyl (C=O) groups is 3. The van der Waals surface area contributed by atoms with Crippen molar-refractivity contribution < 1.29 is 38.1 Å². The Balaban J connectivity index is 1.26. The van der Waals surface area contributed by atoms with Crippen LogP contribution in [0.25, 0.3) is 11.1 Å². The molecule has 4 rings (SSSR count). The van der Waals surface area contributed by atoms with Crippen molar-refractivity contribution in [3.05, 3.63) is 72.3 Å². The Morgan fingerprint density at radius 3 is 1.79 bits per heavy atom. The molecule has 8 nitrogen and oxygen atoms in total. The normalized spacial score (nSPS) is 22.1. The predicted molar refractivity (Wildman–Crippen MR) is 162 cm³/mol. The minimum atomic E-state index is -1.17. The molecule has 2 atom stereocenters. The van der Waals surface area contributed by atoms with Crippen LogP contribution in [0, 0.1) is 5.92 Å². The molecule has 2 aromatic rings. The Morgan fingerprint density at radius 2 is 1.28 bits per heavy atom. The quantitative estimate of drug-likeness (QED) is 0.102. The Morgan fingerprint density at radius 1 is 0.744 bits per heavy atom. The topological polar surface area (TPSA) is 97.4 Å². The summed E-state index contributed by atoms with van der Waals surface area (Å²) in [6, 6.07) is 16.6. The average Bonchev–Trinajstić information content (AvgIpc) is 3.49. The molecule has 2 aliphatic rings. The summed E-state index contributed by atoms with van der Waals surface area (Å²) >= 11 is 0. The Hall–Kier alpha value is -3.49. The summed E-state index contributed by atoms with van der Waals surface area (Å²) in [6.45, 7) is 7.63.